The molecule has 80 valence electrons. The summed E-state index contributed by atoms with van der Waals surface area (Å²) in [6, 6.07) is 1.28. The zero-order valence-electron chi connectivity index (χ0n) is 6.90. The number of isocyanates is 1. The Hall–Kier alpha value is -1.03. The van der Waals surface area contributed by atoms with E-state index in [-0.39, 0.29) is 15.7 Å². The van der Waals surface area contributed by atoms with Crippen molar-refractivity contribution in [2.24, 2.45) is 4.99 Å². The van der Waals surface area contributed by atoms with Gasteiger partial charge in [-0.2, -0.15) is 18.2 Å². The molecular weight excluding hydrogens is 254 g/mol. The minimum absolute atomic E-state index is 0.221. The van der Waals surface area contributed by atoms with E-state index >= 15 is 0 Å². The largest absolute Gasteiger partial charge is 0.416 e. The number of rotatable bonds is 1. The molecule has 0 fully saturated rings. The molecule has 0 spiro atoms. The Morgan fingerprint density at radius 1 is 1.20 bits per heavy atom. The standard InChI is InChI=1S/C8H2Cl2F3NO/c9-5-1-4(8(11,12)13)2-6(10)7(5)14-3-15/h1-2H. The van der Waals surface area contributed by atoms with Crippen LogP contribution in [0.25, 0.3) is 0 Å². The number of halogens is 5. The van der Waals surface area contributed by atoms with Gasteiger partial charge in [-0.3, -0.25) is 0 Å². The first kappa shape index (κ1) is 12.0. The zero-order chi connectivity index (χ0) is 11.6. The SMILES string of the molecule is O=C=Nc1c(Cl)cc(C(F)(F)F)cc1Cl. The summed E-state index contributed by atoms with van der Waals surface area (Å²) in [4.78, 5) is 13.0. The number of aliphatic imine (C=N–C) groups is 1. The van der Waals surface area contributed by atoms with E-state index in [0.29, 0.717) is 12.1 Å². The van der Waals surface area contributed by atoms with Crippen LogP contribution < -0.4 is 0 Å². The fraction of sp³-hybridized carbons (Fsp3) is 0.125. The first-order chi connectivity index (χ1) is 6.86. The van der Waals surface area contributed by atoms with Gasteiger partial charge in [-0.25, -0.2) is 4.79 Å². The first-order valence-electron chi connectivity index (χ1n) is 3.50. The monoisotopic (exact) mass is 255 g/mol. The van der Waals surface area contributed by atoms with E-state index in [1.165, 1.54) is 0 Å². The third kappa shape index (κ3) is 2.72. The lowest BCUT2D eigenvalue weighted by molar-refractivity contribution is -0.137. The molecule has 0 amide bonds. The molecule has 7 heteroatoms. The van der Waals surface area contributed by atoms with Gasteiger partial charge >= 0.3 is 6.18 Å². The van der Waals surface area contributed by atoms with Crippen LogP contribution in [0.1, 0.15) is 5.56 Å². The van der Waals surface area contributed by atoms with E-state index < -0.39 is 11.7 Å². The molecule has 1 aromatic carbocycles. The number of hydrogen-bond acceptors (Lipinski definition) is 2. The lowest BCUT2D eigenvalue weighted by atomic mass is 10.2. The number of nitrogens with zero attached hydrogens (tertiary/aromatic N) is 1. The predicted octanol–water partition coefficient (Wildman–Crippen LogP) is 3.98. The van der Waals surface area contributed by atoms with Crippen LogP contribution in [0.15, 0.2) is 17.1 Å². The van der Waals surface area contributed by atoms with Crippen LogP contribution in [0.5, 0.6) is 0 Å². The zero-order valence-corrected chi connectivity index (χ0v) is 8.41. The highest BCUT2D eigenvalue weighted by molar-refractivity contribution is 6.38. The Labute approximate surface area is 92.3 Å². The molecule has 0 aliphatic rings. The highest BCUT2D eigenvalue weighted by atomic mass is 35.5. The topological polar surface area (TPSA) is 29.4 Å². The highest BCUT2D eigenvalue weighted by Gasteiger charge is 2.31. The van der Waals surface area contributed by atoms with Crippen LogP contribution in [0.3, 0.4) is 0 Å². The molecule has 0 saturated heterocycles. The average molecular weight is 256 g/mol. The molecule has 1 rings (SSSR count). The van der Waals surface area contributed by atoms with Crippen molar-refractivity contribution < 1.29 is 18.0 Å². The fourth-order valence-corrected chi connectivity index (χ4v) is 1.45. The number of alkyl halides is 3. The van der Waals surface area contributed by atoms with Gasteiger partial charge < -0.3 is 0 Å². The van der Waals surface area contributed by atoms with Gasteiger partial charge in [-0.05, 0) is 12.1 Å². The summed E-state index contributed by atoms with van der Waals surface area (Å²) >= 11 is 10.9. The Morgan fingerprint density at radius 2 is 1.67 bits per heavy atom. The quantitative estimate of drug-likeness (QED) is 0.552. The lowest BCUT2D eigenvalue weighted by Crippen LogP contribution is -2.04. The van der Waals surface area contributed by atoms with Crippen molar-refractivity contribution in [2.45, 2.75) is 6.18 Å². The summed E-state index contributed by atoms with van der Waals surface area (Å²) in [6.07, 6.45) is -3.40. The average Bonchev–Trinajstić information content (AvgIpc) is 2.09. The van der Waals surface area contributed by atoms with Crippen molar-refractivity contribution in [3.63, 3.8) is 0 Å². The predicted molar refractivity (Wildman–Crippen MR) is 49.2 cm³/mol. The molecular formula is C8H2Cl2F3NO. The summed E-state index contributed by atoms with van der Waals surface area (Å²) in [5, 5.41) is -0.698. The van der Waals surface area contributed by atoms with Crippen molar-refractivity contribution >= 4 is 35.0 Å². The smallest absolute Gasteiger partial charge is 0.211 e. The molecule has 0 bridgehead atoms. The Morgan fingerprint density at radius 3 is 2.00 bits per heavy atom. The molecule has 0 unspecified atom stereocenters. The molecule has 0 atom stereocenters. The van der Waals surface area contributed by atoms with Gasteiger partial charge in [0.1, 0.15) is 5.69 Å². The van der Waals surface area contributed by atoms with Gasteiger partial charge in [0, 0.05) is 0 Å². The van der Waals surface area contributed by atoms with E-state index in [9.17, 15) is 18.0 Å². The summed E-state index contributed by atoms with van der Waals surface area (Å²) in [5.74, 6) is 0. The van der Waals surface area contributed by atoms with Crippen LogP contribution in [0, 0.1) is 0 Å². The maximum atomic E-state index is 12.2. The lowest BCUT2D eigenvalue weighted by Gasteiger charge is -2.08. The molecule has 15 heavy (non-hydrogen) atoms. The summed E-state index contributed by atoms with van der Waals surface area (Å²) in [5.41, 5.74) is -1.22. The molecule has 0 aliphatic heterocycles. The van der Waals surface area contributed by atoms with E-state index in [1.807, 2.05) is 0 Å². The van der Waals surface area contributed by atoms with Gasteiger partial charge in [0.25, 0.3) is 0 Å². The van der Waals surface area contributed by atoms with Crippen molar-refractivity contribution in [3.8, 4) is 0 Å². The van der Waals surface area contributed by atoms with Crippen LogP contribution in [-0.2, 0) is 11.0 Å². The first-order valence-corrected chi connectivity index (χ1v) is 4.26. The van der Waals surface area contributed by atoms with Crippen LogP contribution >= 0.6 is 23.2 Å². The molecule has 0 radical (unpaired) electrons. The highest BCUT2D eigenvalue weighted by Crippen LogP contribution is 2.39. The Balaban J connectivity index is 3.38. The second kappa shape index (κ2) is 4.23. The molecule has 2 nitrogen and oxygen atoms in total. The number of carbonyl (C=O) groups excluding carboxylic acids is 1. The van der Waals surface area contributed by atoms with Crippen LogP contribution in [0.2, 0.25) is 10.0 Å². The van der Waals surface area contributed by atoms with Gasteiger partial charge in [-0.1, -0.05) is 23.2 Å². The van der Waals surface area contributed by atoms with Crippen molar-refractivity contribution in [1.29, 1.82) is 0 Å². The third-order valence-corrected chi connectivity index (χ3v) is 2.08. The van der Waals surface area contributed by atoms with Crippen LogP contribution in [-0.4, -0.2) is 6.08 Å². The molecule has 1 aromatic rings. The van der Waals surface area contributed by atoms with E-state index in [4.69, 9.17) is 23.2 Å². The van der Waals surface area contributed by atoms with E-state index in [2.05, 4.69) is 4.99 Å². The van der Waals surface area contributed by atoms with Gasteiger partial charge in [0.05, 0.1) is 15.6 Å². The van der Waals surface area contributed by atoms with Gasteiger partial charge in [0.15, 0.2) is 0 Å². The summed E-state index contributed by atoms with van der Waals surface area (Å²) in [6.45, 7) is 0. The van der Waals surface area contributed by atoms with Crippen LogP contribution in [0.4, 0.5) is 18.9 Å². The second-order valence-electron chi connectivity index (χ2n) is 2.49. The third-order valence-electron chi connectivity index (χ3n) is 1.50. The Kier molecular flexibility index (Phi) is 3.39. The maximum absolute atomic E-state index is 12.2. The minimum Gasteiger partial charge on any atom is -0.211 e. The van der Waals surface area contributed by atoms with Crippen molar-refractivity contribution in [3.05, 3.63) is 27.7 Å². The molecule has 0 saturated carbocycles. The van der Waals surface area contributed by atoms with Crippen molar-refractivity contribution in [1.82, 2.24) is 0 Å². The molecule has 0 N–H and O–H groups in total. The normalized spacial score (nSPS) is 11.0. The van der Waals surface area contributed by atoms with E-state index in [1.54, 1.807) is 0 Å². The maximum Gasteiger partial charge on any atom is 0.416 e. The number of benzene rings is 1. The molecule has 0 heterocycles. The Bertz CT molecular complexity index is 415. The van der Waals surface area contributed by atoms with E-state index in [0.717, 1.165) is 6.08 Å². The summed E-state index contributed by atoms with van der Waals surface area (Å²) in [7, 11) is 0. The number of hydrogen-bond donors (Lipinski definition) is 0. The van der Waals surface area contributed by atoms with Crippen molar-refractivity contribution in [2.75, 3.05) is 0 Å². The van der Waals surface area contributed by atoms with Gasteiger partial charge in [0.2, 0.25) is 6.08 Å². The molecule has 0 aromatic heterocycles. The minimum atomic E-state index is -4.54. The van der Waals surface area contributed by atoms with Gasteiger partial charge in [-0.15, -0.1) is 0 Å². The fourth-order valence-electron chi connectivity index (χ4n) is 0.882. The second-order valence-corrected chi connectivity index (χ2v) is 3.30. The molecule has 0 aliphatic carbocycles. The summed E-state index contributed by atoms with van der Waals surface area (Å²) < 4.78 is 36.7.